The molecule has 2 amide bonds. The molecule has 2 aromatic carbocycles. The van der Waals surface area contributed by atoms with Gasteiger partial charge in [-0.2, -0.15) is 0 Å². The molecule has 0 fully saturated rings. The number of hydrogen-bond acceptors (Lipinski definition) is 4. The third-order valence-electron chi connectivity index (χ3n) is 4.55. The second-order valence-electron chi connectivity index (χ2n) is 6.20. The Morgan fingerprint density at radius 1 is 1.12 bits per heavy atom. The van der Waals surface area contributed by atoms with Gasteiger partial charge in [-0.1, -0.05) is 23.7 Å². The van der Waals surface area contributed by atoms with Crippen LogP contribution in [0.5, 0.6) is 11.5 Å². The van der Waals surface area contributed by atoms with E-state index in [4.69, 9.17) is 21.1 Å². The summed E-state index contributed by atoms with van der Waals surface area (Å²) >= 11 is 6.02. The number of likely N-dealkylation sites (N-methyl/N-ethyl adjacent to an activating group) is 1. The average Bonchev–Trinajstić information content (AvgIpc) is 3.09. The highest BCUT2D eigenvalue weighted by molar-refractivity contribution is 6.30. The first-order valence-corrected chi connectivity index (χ1v) is 8.68. The number of halogens is 1. The number of carbonyl (C=O) groups is 2. The van der Waals surface area contributed by atoms with E-state index in [9.17, 15) is 9.59 Å². The Labute approximate surface area is 155 Å². The molecule has 0 spiro atoms. The third-order valence-corrected chi connectivity index (χ3v) is 4.79. The molecule has 2 atom stereocenters. The zero-order valence-electron chi connectivity index (χ0n) is 14.1. The first-order chi connectivity index (χ1) is 12.6. The maximum absolute atomic E-state index is 13.2. The van der Waals surface area contributed by atoms with Gasteiger partial charge in [0.05, 0.1) is 12.2 Å². The van der Waals surface area contributed by atoms with Crippen molar-refractivity contribution in [1.29, 1.82) is 0 Å². The van der Waals surface area contributed by atoms with Crippen molar-refractivity contribution >= 4 is 29.1 Å². The number of hydrogen-bond donors (Lipinski definition) is 1. The summed E-state index contributed by atoms with van der Waals surface area (Å²) in [5, 5.41) is 3.18. The van der Waals surface area contributed by atoms with Crippen LogP contribution in [-0.4, -0.2) is 37.6 Å². The second-order valence-corrected chi connectivity index (χ2v) is 6.64. The van der Waals surface area contributed by atoms with Gasteiger partial charge in [0.2, 0.25) is 0 Å². The summed E-state index contributed by atoms with van der Waals surface area (Å²) in [7, 11) is 1.54. The van der Waals surface area contributed by atoms with E-state index in [0.717, 1.165) is 5.56 Å². The molecule has 0 aliphatic carbocycles. The van der Waals surface area contributed by atoms with Gasteiger partial charge < -0.3 is 19.7 Å². The Hall–Kier alpha value is -2.73. The van der Waals surface area contributed by atoms with Gasteiger partial charge in [-0.15, -0.1) is 0 Å². The number of benzene rings is 2. The Morgan fingerprint density at radius 3 is 2.69 bits per heavy atom. The zero-order valence-corrected chi connectivity index (χ0v) is 14.8. The predicted octanol–water partition coefficient (Wildman–Crippen LogP) is 2.18. The molecule has 2 aromatic rings. The molecule has 26 heavy (non-hydrogen) atoms. The van der Waals surface area contributed by atoms with Crippen molar-refractivity contribution in [2.45, 2.75) is 18.6 Å². The highest BCUT2D eigenvalue weighted by Crippen LogP contribution is 2.36. The van der Waals surface area contributed by atoms with Crippen LogP contribution in [0.15, 0.2) is 42.5 Å². The van der Waals surface area contributed by atoms with Crippen molar-refractivity contribution < 1.29 is 19.1 Å². The minimum atomic E-state index is -0.767. The SMILES string of the molecule is CNC(=O)C1CN(C(=O)C2Cc3cc(Cl)ccc3O2)c2ccccc2O1. The molecule has 134 valence electrons. The van der Waals surface area contributed by atoms with Crippen molar-refractivity contribution in [3.05, 3.63) is 53.1 Å². The molecule has 2 heterocycles. The van der Waals surface area contributed by atoms with Crippen LogP contribution >= 0.6 is 11.6 Å². The van der Waals surface area contributed by atoms with E-state index in [-0.39, 0.29) is 18.4 Å². The van der Waals surface area contributed by atoms with Crippen LogP contribution in [0.25, 0.3) is 0 Å². The average molecular weight is 373 g/mol. The molecule has 2 unspecified atom stereocenters. The third kappa shape index (κ3) is 2.86. The normalized spacial score (nSPS) is 20.5. The smallest absolute Gasteiger partial charge is 0.268 e. The number of ether oxygens (including phenoxy) is 2. The number of amides is 2. The lowest BCUT2D eigenvalue weighted by atomic mass is 10.1. The molecule has 2 aliphatic heterocycles. The van der Waals surface area contributed by atoms with Gasteiger partial charge in [-0.05, 0) is 35.9 Å². The van der Waals surface area contributed by atoms with E-state index < -0.39 is 12.2 Å². The first kappa shape index (κ1) is 16.7. The number of nitrogens with one attached hydrogen (secondary N) is 1. The van der Waals surface area contributed by atoms with Crippen LogP contribution in [0.4, 0.5) is 5.69 Å². The van der Waals surface area contributed by atoms with E-state index >= 15 is 0 Å². The molecule has 0 saturated heterocycles. The number of anilines is 1. The van der Waals surface area contributed by atoms with Crippen molar-refractivity contribution in [3.63, 3.8) is 0 Å². The quantitative estimate of drug-likeness (QED) is 0.877. The highest BCUT2D eigenvalue weighted by Gasteiger charge is 2.39. The fourth-order valence-corrected chi connectivity index (χ4v) is 3.46. The van der Waals surface area contributed by atoms with E-state index in [0.29, 0.717) is 28.6 Å². The van der Waals surface area contributed by atoms with Gasteiger partial charge in [0, 0.05) is 18.5 Å². The molecule has 1 N–H and O–H groups in total. The Balaban J connectivity index is 1.62. The van der Waals surface area contributed by atoms with Gasteiger partial charge in [0.25, 0.3) is 11.8 Å². The van der Waals surface area contributed by atoms with Gasteiger partial charge in [0.15, 0.2) is 12.2 Å². The van der Waals surface area contributed by atoms with Gasteiger partial charge in [-0.3, -0.25) is 9.59 Å². The fourth-order valence-electron chi connectivity index (χ4n) is 3.27. The lowest BCUT2D eigenvalue weighted by Crippen LogP contribution is -2.53. The molecule has 2 aliphatic rings. The molecule has 0 radical (unpaired) electrons. The number of nitrogens with zero attached hydrogens (tertiary/aromatic N) is 1. The lowest BCUT2D eigenvalue weighted by Gasteiger charge is -2.35. The monoisotopic (exact) mass is 372 g/mol. The molecular weight excluding hydrogens is 356 g/mol. The van der Waals surface area contributed by atoms with Gasteiger partial charge in [0.1, 0.15) is 11.5 Å². The Bertz CT molecular complexity index is 886. The maximum atomic E-state index is 13.2. The minimum Gasteiger partial charge on any atom is -0.480 e. The topological polar surface area (TPSA) is 67.9 Å². The van der Waals surface area contributed by atoms with Crippen molar-refractivity contribution in [2.75, 3.05) is 18.5 Å². The summed E-state index contributed by atoms with van der Waals surface area (Å²) in [5.41, 5.74) is 1.54. The molecule has 6 nitrogen and oxygen atoms in total. The summed E-state index contributed by atoms with van der Waals surface area (Å²) in [5.74, 6) is 0.679. The summed E-state index contributed by atoms with van der Waals surface area (Å²) in [6, 6.07) is 12.5. The molecular formula is C19H17ClN2O4. The van der Waals surface area contributed by atoms with Crippen LogP contribution in [0.3, 0.4) is 0 Å². The van der Waals surface area contributed by atoms with Gasteiger partial charge >= 0.3 is 0 Å². The first-order valence-electron chi connectivity index (χ1n) is 8.30. The Morgan fingerprint density at radius 2 is 1.88 bits per heavy atom. The molecule has 0 aromatic heterocycles. The number of fused-ring (bicyclic) bond motifs is 2. The largest absolute Gasteiger partial charge is 0.480 e. The van der Waals surface area contributed by atoms with E-state index in [1.807, 2.05) is 12.1 Å². The minimum absolute atomic E-state index is 0.131. The predicted molar refractivity (Wildman–Crippen MR) is 96.8 cm³/mol. The van der Waals surface area contributed by atoms with Crippen LogP contribution in [0.2, 0.25) is 5.02 Å². The van der Waals surface area contributed by atoms with Crippen LogP contribution in [-0.2, 0) is 16.0 Å². The van der Waals surface area contributed by atoms with E-state index in [2.05, 4.69) is 5.32 Å². The Kier molecular flexibility index (Phi) is 4.20. The second kappa shape index (κ2) is 6.53. The number of para-hydroxylation sites is 2. The fraction of sp³-hybridized carbons (Fsp3) is 0.263. The lowest BCUT2D eigenvalue weighted by molar-refractivity contribution is -0.129. The molecule has 0 saturated carbocycles. The summed E-state index contributed by atoms with van der Waals surface area (Å²) in [6.07, 6.45) is -0.976. The number of carbonyl (C=O) groups excluding carboxylic acids is 2. The summed E-state index contributed by atoms with van der Waals surface area (Å²) in [6.45, 7) is 0.131. The van der Waals surface area contributed by atoms with Crippen molar-refractivity contribution in [1.82, 2.24) is 5.32 Å². The van der Waals surface area contributed by atoms with E-state index in [1.54, 1.807) is 42.3 Å². The standard InChI is InChI=1S/C19H17ClN2O4/c1-21-18(23)17-10-22(13-4-2-3-5-15(13)26-17)19(24)16-9-11-8-12(20)6-7-14(11)25-16/h2-8,16-17H,9-10H2,1H3,(H,21,23). The van der Waals surface area contributed by atoms with Crippen molar-refractivity contribution in [3.8, 4) is 11.5 Å². The highest BCUT2D eigenvalue weighted by atomic mass is 35.5. The summed E-state index contributed by atoms with van der Waals surface area (Å²) < 4.78 is 11.6. The van der Waals surface area contributed by atoms with Crippen LogP contribution in [0.1, 0.15) is 5.56 Å². The maximum Gasteiger partial charge on any atom is 0.268 e. The molecule has 4 rings (SSSR count). The summed E-state index contributed by atoms with van der Waals surface area (Å²) in [4.78, 5) is 26.8. The van der Waals surface area contributed by atoms with E-state index in [1.165, 1.54) is 0 Å². The molecule has 7 heteroatoms. The zero-order chi connectivity index (χ0) is 18.3. The van der Waals surface area contributed by atoms with Crippen LogP contribution < -0.4 is 19.7 Å². The van der Waals surface area contributed by atoms with Crippen molar-refractivity contribution in [2.24, 2.45) is 0 Å². The van der Waals surface area contributed by atoms with Gasteiger partial charge in [-0.25, -0.2) is 0 Å². The number of rotatable bonds is 2. The molecule has 0 bridgehead atoms. The van der Waals surface area contributed by atoms with Crippen LogP contribution in [0, 0.1) is 0 Å².